The van der Waals surface area contributed by atoms with Gasteiger partial charge < -0.3 is 16.2 Å². The predicted octanol–water partition coefficient (Wildman–Crippen LogP) is 4.27. The number of rotatable bonds is 8. The van der Waals surface area contributed by atoms with Crippen molar-refractivity contribution in [2.24, 2.45) is 11.1 Å². The van der Waals surface area contributed by atoms with Crippen LogP contribution < -0.4 is 11.1 Å². The highest BCUT2D eigenvalue weighted by Crippen LogP contribution is 2.27. The van der Waals surface area contributed by atoms with Crippen LogP contribution >= 0.6 is 0 Å². The molecule has 31 heavy (non-hydrogen) atoms. The predicted molar refractivity (Wildman–Crippen MR) is 123 cm³/mol. The molecule has 0 fully saturated rings. The van der Waals surface area contributed by atoms with E-state index in [0.717, 1.165) is 27.5 Å². The maximum Gasteiger partial charge on any atom is 0.309 e. The van der Waals surface area contributed by atoms with Crippen LogP contribution in [0.15, 0.2) is 54.9 Å². The van der Waals surface area contributed by atoms with Gasteiger partial charge in [-0.1, -0.05) is 24.3 Å². The van der Waals surface area contributed by atoms with Crippen LogP contribution in [0.25, 0.3) is 10.8 Å². The van der Waals surface area contributed by atoms with Gasteiger partial charge in [-0.25, -0.2) is 0 Å². The molecule has 6 heteroatoms. The number of aliphatic carboxylic acids is 1. The van der Waals surface area contributed by atoms with Crippen molar-refractivity contribution in [2.45, 2.75) is 39.5 Å². The minimum absolute atomic E-state index is 0.165. The number of nitrogens with one attached hydrogen (secondary N) is 1. The summed E-state index contributed by atoms with van der Waals surface area (Å²) in [6.07, 6.45) is 4.63. The number of amides is 1. The van der Waals surface area contributed by atoms with Gasteiger partial charge in [-0.2, -0.15) is 0 Å². The maximum absolute atomic E-state index is 13.1. The van der Waals surface area contributed by atoms with Gasteiger partial charge in [0.1, 0.15) is 0 Å². The Hall–Kier alpha value is -3.25. The normalized spacial score (nSPS) is 12.5. The van der Waals surface area contributed by atoms with Crippen molar-refractivity contribution < 1.29 is 14.7 Å². The van der Waals surface area contributed by atoms with Gasteiger partial charge in [0.2, 0.25) is 5.91 Å². The molecule has 1 atom stereocenters. The number of benzene rings is 2. The van der Waals surface area contributed by atoms with Gasteiger partial charge in [0.25, 0.3) is 0 Å². The summed E-state index contributed by atoms with van der Waals surface area (Å²) < 4.78 is 0. The molecule has 0 saturated heterocycles. The summed E-state index contributed by atoms with van der Waals surface area (Å²) in [5.74, 6) is -1.48. The van der Waals surface area contributed by atoms with Gasteiger partial charge in [-0.3, -0.25) is 14.6 Å². The summed E-state index contributed by atoms with van der Waals surface area (Å²) in [5.41, 5.74) is 8.76. The Morgan fingerprint density at radius 3 is 2.61 bits per heavy atom. The summed E-state index contributed by atoms with van der Waals surface area (Å²) >= 11 is 0. The molecule has 0 aliphatic heterocycles. The van der Waals surface area contributed by atoms with E-state index >= 15 is 0 Å². The quantitative estimate of drug-likeness (QED) is 0.506. The van der Waals surface area contributed by atoms with Crippen molar-refractivity contribution in [1.82, 2.24) is 4.98 Å². The molecule has 4 N–H and O–H groups in total. The molecular weight excluding hydrogens is 390 g/mol. The summed E-state index contributed by atoms with van der Waals surface area (Å²) in [6.45, 7) is 5.58. The first-order valence-corrected chi connectivity index (χ1v) is 10.4. The molecule has 3 rings (SSSR count). The molecule has 2 aromatic carbocycles. The summed E-state index contributed by atoms with van der Waals surface area (Å²) in [7, 11) is 0. The molecule has 1 heterocycles. The van der Waals surface area contributed by atoms with E-state index < -0.39 is 17.3 Å². The van der Waals surface area contributed by atoms with Gasteiger partial charge in [0.05, 0.1) is 11.3 Å². The van der Waals surface area contributed by atoms with E-state index in [0.29, 0.717) is 18.5 Å². The van der Waals surface area contributed by atoms with E-state index in [2.05, 4.69) is 10.3 Å². The van der Waals surface area contributed by atoms with Crippen LogP contribution in [0.4, 0.5) is 5.69 Å². The third kappa shape index (κ3) is 5.27. The van der Waals surface area contributed by atoms with Crippen LogP contribution in [-0.4, -0.2) is 28.5 Å². The maximum atomic E-state index is 13.1. The van der Waals surface area contributed by atoms with Crippen LogP contribution in [0.2, 0.25) is 0 Å². The Balaban J connectivity index is 1.79. The highest BCUT2D eigenvalue weighted by molar-refractivity contribution is 5.98. The Morgan fingerprint density at radius 2 is 1.90 bits per heavy atom. The van der Waals surface area contributed by atoms with Gasteiger partial charge in [-0.15, -0.1) is 0 Å². The fourth-order valence-corrected chi connectivity index (χ4v) is 3.55. The molecule has 0 saturated carbocycles. The number of fused-ring (bicyclic) bond motifs is 1. The second-order valence-corrected chi connectivity index (χ2v) is 8.60. The SMILES string of the molecule is Cc1ccc(CCC(C)(C)C(=O)O)cc1C(CN)C(=O)Nc1ccc2cnccc2c1. The number of carbonyl (C=O) groups is 2. The number of aryl methyl sites for hydroxylation is 2. The molecular formula is C25H29N3O3. The molecule has 0 aliphatic carbocycles. The molecule has 3 aromatic rings. The number of hydrogen-bond donors (Lipinski definition) is 3. The van der Waals surface area contributed by atoms with E-state index in [1.54, 1.807) is 26.2 Å². The average Bonchev–Trinajstić information content (AvgIpc) is 2.74. The fourth-order valence-electron chi connectivity index (χ4n) is 3.55. The monoisotopic (exact) mass is 419 g/mol. The van der Waals surface area contributed by atoms with Gasteiger partial charge in [0, 0.05) is 30.0 Å². The number of hydrogen-bond acceptors (Lipinski definition) is 4. The van der Waals surface area contributed by atoms with Crippen LogP contribution in [0.5, 0.6) is 0 Å². The van der Waals surface area contributed by atoms with Gasteiger partial charge >= 0.3 is 5.97 Å². The van der Waals surface area contributed by atoms with Crippen molar-refractivity contribution in [3.05, 3.63) is 71.5 Å². The lowest BCUT2D eigenvalue weighted by molar-refractivity contribution is -0.147. The van der Waals surface area contributed by atoms with Crippen LogP contribution in [0.3, 0.4) is 0 Å². The molecule has 1 amide bonds. The topological polar surface area (TPSA) is 105 Å². The molecule has 1 unspecified atom stereocenters. The summed E-state index contributed by atoms with van der Waals surface area (Å²) in [5, 5.41) is 14.3. The van der Waals surface area contributed by atoms with E-state index in [1.165, 1.54) is 0 Å². The number of anilines is 1. The zero-order valence-electron chi connectivity index (χ0n) is 18.2. The Morgan fingerprint density at radius 1 is 1.13 bits per heavy atom. The molecule has 0 spiro atoms. The van der Waals surface area contributed by atoms with E-state index in [9.17, 15) is 14.7 Å². The second-order valence-electron chi connectivity index (χ2n) is 8.60. The lowest BCUT2D eigenvalue weighted by atomic mass is 9.85. The largest absolute Gasteiger partial charge is 0.481 e. The van der Waals surface area contributed by atoms with E-state index in [1.807, 2.05) is 49.4 Å². The number of carbonyl (C=O) groups excluding carboxylic acids is 1. The van der Waals surface area contributed by atoms with Crippen molar-refractivity contribution >= 4 is 28.3 Å². The molecule has 1 aromatic heterocycles. The molecule has 162 valence electrons. The first kappa shape index (κ1) is 22.4. The number of nitrogens with zero attached hydrogens (tertiary/aromatic N) is 1. The smallest absolute Gasteiger partial charge is 0.309 e. The van der Waals surface area contributed by atoms with Crippen LogP contribution in [0, 0.1) is 12.3 Å². The fraction of sp³-hybridized carbons (Fsp3) is 0.320. The third-order valence-corrected chi connectivity index (χ3v) is 5.80. The molecule has 0 bridgehead atoms. The van der Waals surface area contributed by atoms with Crippen LogP contribution in [0.1, 0.15) is 42.9 Å². The lowest BCUT2D eigenvalue weighted by Crippen LogP contribution is -2.28. The number of nitrogens with two attached hydrogens (primary N) is 1. The Kier molecular flexibility index (Phi) is 6.71. The first-order chi connectivity index (χ1) is 14.7. The number of pyridine rings is 1. The second kappa shape index (κ2) is 9.27. The molecule has 0 radical (unpaired) electrons. The van der Waals surface area contributed by atoms with Crippen molar-refractivity contribution in [2.75, 3.05) is 11.9 Å². The minimum Gasteiger partial charge on any atom is -0.481 e. The summed E-state index contributed by atoms with van der Waals surface area (Å²) in [4.78, 5) is 28.6. The van der Waals surface area contributed by atoms with Crippen molar-refractivity contribution in [1.29, 1.82) is 0 Å². The summed E-state index contributed by atoms with van der Waals surface area (Å²) in [6, 6.07) is 13.5. The lowest BCUT2D eigenvalue weighted by Gasteiger charge is -2.21. The zero-order valence-corrected chi connectivity index (χ0v) is 18.2. The first-order valence-electron chi connectivity index (χ1n) is 10.4. The molecule has 0 aliphatic rings. The number of carboxylic acids is 1. The van der Waals surface area contributed by atoms with Crippen LogP contribution in [-0.2, 0) is 16.0 Å². The average molecular weight is 420 g/mol. The Bertz CT molecular complexity index is 1110. The van der Waals surface area contributed by atoms with Crippen molar-refractivity contribution in [3.63, 3.8) is 0 Å². The van der Waals surface area contributed by atoms with Gasteiger partial charge in [0.15, 0.2) is 0 Å². The van der Waals surface area contributed by atoms with Crippen molar-refractivity contribution in [3.8, 4) is 0 Å². The highest BCUT2D eigenvalue weighted by atomic mass is 16.4. The van der Waals surface area contributed by atoms with Gasteiger partial charge in [-0.05, 0) is 73.9 Å². The Labute approximate surface area is 182 Å². The minimum atomic E-state index is -0.815. The zero-order chi connectivity index (χ0) is 22.6. The standard InChI is InChI=1S/C25H29N3O3/c1-16-4-5-17(8-10-25(2,3)24(30)31)12-21(16)22(14-26)23(29)28-20-7-6-19-15-27-11-9-18(19)13-20/h4-7,9,11-13,15,22H,8,10,14,26H2,1-3H3,(H,28,29)(H,30,31). The van der Waals surface area contributed by atoms with E-state index in [-0.39, 0.29) is 12.5 Å². The third-order valence-electron chi connectivity index (χ3n) is 5.80. The van der Waals surface area contributed by atoms with E-state index in [4.69, 9.17) is 5.73 Å². The highest BCUT2D eigenvalue weighted by Gasteiger charge is 2.27. The molecule has 6 nitrogen and oxygen atoms in total. The number of carboxylic acid groups (broad SMARTS) is 1. The number of aromatic nitrogens is 1.